The fourth-order valence-electron chi connectivity index (χ4n) is 4.42. The maximum Gasteiger partial charge on any atom is 0.123 e. The minimum Gasteiger partial charge on any atom is -0.493 e. The van der Waals surface area contributed by atoms with Gasteiger partial charge in [0.15, 0.2) is 0 Å². The standard InChI is InChI=1S/C25H32O2/c1-24(2,3)15-18-6-8-19-14-23(27-22(19)13-18)25(4,5)16-17-7-9-21-20(12-17)10-11-26-21/h6-9,12-13,23H,10-11,14-16H2,1-5H3. The molecule has 0 N–H and O–H groups in total. The van der Waals surface area contributed by atoms with Crippen molar-refractivity contribution >= 4 is 0 Å². The van der Waals surface area contributed by atoms with Crippen molar-refractivity contribution in [3.8, 4) is 11.5 Å². The van der Waals surface area contributed by atoms with Crippen LogP contribution in [0.5, 0.6) is 11.5 Å². The molecule has 0 aromatic heterocycles. The molecule has 0 saturated carbocycles. The summed E-state index contributed by atoms with van der Waals surface area (Å²) in [6.07, 6.45) is 4.36. The lowest BCUT2D eigenvalue weighted by Crippen LogP contribution is -2.35. The van der Waals surface area contributed by atoms with Crippen molar-refractivity contribution in [3.05, 3.63) is 58.7 Å². The Labute approximate surface area is 163 Å². The third-order valence-corrected chi connectivity index (χ3v) is 5.83. The van der Waals surface area contributed by atoms with E-state index in [-0.39, 0.29) is 11.5 Å². The highest BCUT2D eigenvalue weighted by atomic mass is 16.5. The van der Waals surface area contributed by atoms with Crippen molar-refractivity contribution in [2.45, 2.75) is 66.4 Å². The van der Waals surface area contributed by atoms with Gasteiger partial charge in [0.1, 0.15) is 17.6 Å². The Morgan fingerprint density at radius 2 is 1.59 bits per heavy atom. The monoisotopic (exact) mass is 364 g/mol. The summed E-state index contributed by atoms with van der Waals surface area (Å²) in [5.74, 6) is 2.16. The maximum absolute atomic E-state index is 6.47. The summed E-state index contributed by atoms with van der Waals surface area (Å²) in [6, 6.07) is 13.5. The maximum atomic E-state index is 6.47. The third-order valence-electron chi connectivity index (χ3n) is 5.83. The highest BCUT2D eigenvalue weighted by Crippen LogP contribution is 2.40. The number of hydrogen-bond donors (Lipinski definition) is 0. The molecule has 0 amide bonds. The van der Waals surface area contributed by atoms with Gasteiger partial charge in [-0.1, -0.05) is 58.9 Å². The van der Waals surface area contributed by atoms with E-state index in [1.165, 1.54) is 22.3 Å². The number of rotatable bonds is 4. The molecule has 2 aromatic carbocycles. The van der Waals surface area contributed by atoms with Gasteiger partial charge in [0.25, 0.3) is 0 Å². The minimum absolute atomic E-state index is 0.0803. The zero-order chi connectivity index (χ0) is 19.2. The molecule has 4 rings (SSSR count). The van der Waals surface area contributed by atoms with Gasteiger partial charge >= 0.3 is 0 Å². The summed E-state index contributed by atoms with van der Waals surface area (Å²) < 4.78 is 12.1. The molecule has 27 heavy (non-hydrogen) atoms. The van der Waals surface area contributed by atoms with Crippen LogP contribution in [0.4, 0.5) is 0 Å². The summed E-state index contributed by atoms with van der Waals surface area (Å²) in [5.41, 5.74) is 5.84. The Balaban J connectivity index is 1.48. The summed E-state index contributed by atoms with van der Waals surface area (Å²) >= 11 is 0. The molecule has 2 heteroatoms. The predicted octanol–water partition coefficient (Wildman–Crippen LogP) is 5.78. The Kier molecular flexibility index (Phi) is 4.49. The van der Waals surface area contributed by atoms with Crippen LogP contribution in [0.25, 0.3) is 0 Å². The van der Waals surface area contributed by atoms with Crippen LogP contribution in [0, 0.1) is 10.8 Å². The topological polar surface area (TPSA) is 18.5 Å². The Morgan fingerprint density at radius 1 is 0.852 bits per heavy atom. The average Bonchev–Trinajstić information content (AvgIpc) is 3.18. The molecule has 0 fully saturated rings. The quantitative estimate of drug-likeness (QED) is 0.684. The molecule has 0 bridgehead atoms. The second-order valence-electron chi connectivity index (χ2n) is 10.2. The van der Waals surface area contributed by atoms with Gasteiger partial charge < -0.3 is 9.47 Å². The molecule has 2 nitrogen and oxygen atoms in total. The molecule has 0 spiro atoms. The van der Waals surface area contributed by atoms with Crippen LogP contribution in [0.1, 0.15) is 56.9 Å². The fourth-order valence-corrected chi connectivity index (χ4v) is 4.42. The average molecular weight is 365 g/mol. The zero-order valence-corrected chi connectivity index (χ0v) is 17.4. The summed E-state index contributed by atoms with van der Waals surface area (Å²) in [6.45, 7) is 12.4. The summed E-state index contributed by atoms with van der Waals surface area (Å²) in [7, 11) is 0. The minimum atomic E-state index is 0.0803. The highest BCUT2D eigenvalue weighted by Gasteiger charge is 2.37. The Morgan fingerprint density at radius 3 is 2.37 bits per heavy atom. The molecule has 1 unspecified atom stereocenters. The van der Waals surface area contributed by atoms with Crippen molar-refractivity contribution in [1.29, 1.82) is 0 Å². The van der Waals surface area contributed by atoms with Gasteiger partial charge in [0, 0.05) is 18.3 Å². The van der Waals surface area contributed by atoms with Gasteiger partial charge in [0.2, 0.25) is 0 Å². The van der Waals surface area contributed by atoms with E-state index in [0.29, 0.717) is 5.41 Å². The van der Waals surface area contributed by atoms with E-state index in [4.69, 9.17) is 9.47 Å². The van der Waals surface area contributed by atoms with Gasteiger partial charge in [-0.3, -0.25) is 0 Å². The van der Waals surface area contributed by atoms with E-state index in [0.717, 1.165) is 43.8 Å². The van der Waals surface area contributed by atoms with E-state index in [2.05, 4.69) is 71.0 Å². The lowest BCUT2D eigenvalue weighted by Gasteiger charge is -2.31. The summed E-state index contributed by atoms with van der Waals surface area (Å²) in [4.78, 5) is 0. The molecular weight excluding hydrogens is 332 g/mol. The van der Waals surface area contributed by atoms with Crippen LogP contribution >= 0.6 is 0 Å². The van der Waals surface area contributed by atoms with Crippen LogP contribution in [0.2, 0.25) is 0 Å². The smallest absolute Gasteiger partial charge is 0.123 e. The predicted molar refractivity (Wildman–Crippen MR) is 111 cm³/mol. The van der Waals surface area contributed by atoms with E-state index in [1.54, 1.807) is 0 Å². The van der Waals surface area contributed by atoms with Crippen LogP contribution in [0.15, 0.2) is 36.4 Å². The first-order chi connectivity index (χ1) is 12.7. The van der Waals surface area contributed by atoms with E-state index < -0.39 is 0 Å². The van der Waals surface area contributed by atoms with Gasteiger partial charge in [-0.05, 0) is 52.6 Å². The largest absolute Gasteiger partial charge is 0.493 e. The number of ether oxygens (including phenoxy) is 2. The highest BCUT2D eigenvalue weighted by molar-refractivity contribution is 5.43. The van der Waals surface area contributed by atoms with Crippen LogP contribution in [-0.4, -0.2) is 12.7 Å². The molecule has 2 aromatic rings. The molecule has 144 valence electrons. The lowest BCUT2D eigenvalue weighted by molar-refractivity contribution is 0.0934. The normalized spacial score (nSPS) is 18.6. The second-order valence-corrected chi connectivity index (χ2v) is 10.2. The van der Waals surface area contributed by atoms with Crippen molar-refractivity contribution in [2.24, 2.45) is 10.8 Å². The van der Waals surface area contributed by atoms with E-state index in [9.17, 15) is 0 Å². The Hall–Kier alpha value is -1.96. The summed E-state index contributed by atoms with van der Waals surface area (Å²) in [5, 5.41) is 0. The van der Waals surface area contributed by atoms with Gasteiger partial charge in [0.05, 0.1) is 6.61 Å². The molecule has 2 heterocycles. The van der Waals surface area contributed by atoms with E-state index in [1.807, 2.05) is 0 Å². The lowest BCUT2D eigenvalue weighted by atomic mass is 9.78. The van der Waals surface area contributed by atoms with Gasteiger partial charge in [-0.2, -0.15) is 0 Å². The SMILES string of the molecule is CC(C)(C)Cc1ccc2c(c1)OC(C(C)(C)Cc1ccc3c(c1)CCO3)C2. The van der Waals surface area contributed by atoms with Gasteiger partial charge in [-0.15, -0.1) is 0 Å². The molecule has 0 radical (unpaired) electrons. The number of hydrogen-bond acceptors (Lipinski definition) is 2. The molecule has 0 saturated heterocycles. The molecule has 0 aliphatic carbocycles. The van der Waals surface area contributed by atoms with Crippen molar-refractivity contribution in [1.82, 2.24) is 0 Å². The Bertz CT molecular complexity index is 842. The molecular formula is C25H32O2. The number of fused-ring (bicyclic) bond motifs is 2. The molecule has 1 atom stereocenters. The van der Waals surface area contributed by atoms with Crippen LogP contribution < -0.4 is 9.47 Å². The fraction of sp³-hybridized carbons (Fsp3) is 0.520. The first-order valence-corrected chi connectivity index (χ1v) is 10.2. The zero-order valence-electron chi connectivity index (χ0n) is 17.4. The molecule has 2 aliphatic rings. The van der Waals surface area contributed by atoms with Crippen molar-refractivity contribution < 1.29 is 9.47 Å². The first kappa shape index (κ1) is 18.4. The second kappa shape index (κ2) is 6.58. The van der Waals surface area contributed by atoms with Crippen LogP contribution in [-0.2, 0) is 25.7 Å². The van der Waals surface area contributed by atoms with Crippen molar-refractivity contribution in [3.63, 3.8) is 0 Å². The third kappa shape index (κ3) is 4.00. The van der Waals surface area contributed by atoms with Gasteiger partial charge in [-0.25, -0.2) is 0 Å². The number of benzene rings is 2. The van der Waals surface area contributed by atoms with E-state index >= 15 is 0 Å². The first-order valence-electron chi connectivity index (χ1n) is 10.2. The van der Waals surface area contributed by atoms with Crippen molar-refractivity contribution in [2.75, 3.05) is 6.61 Å². The molecule has 2 aliphatic heterocycles. The van der Waals surface area contributed by atoms with Crippen LogP contribution in [0.3, 0.4) is 0 Å².